The molecule has 0 saturated heterocycles. The minimum atomic E-state index is -4.36. The summed E-state index contributed by atoms with van der Waals surface area (Å²) in [5.74, 6) is 0.709. The van der Waals surface area contributed by atoms with Gasteiger partial charge in [-0.1, -0.05) is 86.1 Å². The molecule has 0 bridgehead atoms. The molecule has 0 amide bonds. The van der Waals surface area contributed by atoms with E-state index in [0.29, 0.717) is 17.3 Å². The number of alkyl halides is 3. The Hall–Kier alpha value is -2.51. The number of pyridine rings is 1. The first-order valence-corrected chi connectivity index (χ1v) is 14.7. The second-order valence-electron chi connectivity index (χ2n) is 7.95. The highest BCUT2D eigenvalue weighted by molar-refractivity contribution is 7.97. The zero-order chi connectivity index (χ0) is 30.5. The Bertz CT molecular complexity index is 1020. The summed E-state index contributed by atoms with van der Waals surface area (Å²) in [5, 5.41) is 0. The van der Waals surface area contributed by atoms with Crippen molar-refractivity contribution in [2.45, 2.75) is 99.2 Å². The topological polar surface area (TPSA) is 34.1 Å². The predicted octanol–water partition coefficient (Wildman–Crippen LogP) is 11.2. The molecule has 7 heteroatoms. The number of hydrogen-bond donors (Lipinski definition) is 1. The van der Waals surface area contributed by atoms with Gasteiger partial charge in [-0.3, -0.25) is 4.98 Å². The highest BCUT2D eigenvalue weighted by Gasteiger charge is 2.30. The quantitative estimate of drug-likeness (QED) is 0.288. The Morgan fingerprint density at radius 1 is 0.821 bits per heavy atom. The number of rotatable bonds is 7. The molecular weight excluding hydrogens is 517 g/mol. The molecule has 0 fully saturated rings. The normalized spacial score (nSPS) is 10.2. The average Bonchev–Trinajstić information content (AvgIpc) is 2.96. The lowest BCUT2D eigenvalue weighted by molar-refractivity contribution is -0.137. The molecule has 1 N–H and O–H groups in total. The van der Waals surface area contributed by atoms with Gasteiger partial charge in [-0.2, -0.15) is 13.2 Å². The fourth-order valence-corrected chi connectivity index (χ4v) is 3.77. The van der Waals surface area contributed by atoms with E-state index in [1.807, 2.05) is 86.6 Å². The molecule has 1 aromatic heterocycles. The lowest BCUT2D eigenvalue weighted by atomic mass is 9.92. The summed E-state index contributed by atoms with van der Waals surface area (Å²) >= 11 is 1.18. The summed E-state index contributed by atoms with van der Waals surface area (Å²) in [4.78, 5) is 4.63. The molecule has 0 atom stereocenters. The van der Waals surface area contributed by atoms with Crippen LogP contribution in [0.5, 0.6) is 5.75 Å². The van der Waals surface area contributed by atoms with E-state index in [0.717, 1.165) is 28.8 Å². The van der Waals surface area contributed by atoms with Crippen LogP contribution in [0.3, 0.4) is 0 Å². The molecule has 0 radical (unpaired) electrons. The molecule has 1 heterocycles. The number of hydrogen-bond acceptors (Lipinski definition) is 4. The monoisotopic (exact) mass is 566 g/mol. The number of ether oxygens (including phenoxy) is 1. The molecule has 0 aliphatic rings. The number of aromatic nitrogens is 1. The molecule has 220 valence electrons. The van der Waals surface area contributed by atoms with Crippen LogP contribution in [-0.4, -0.2) is 11.6 Å². The Balaban J connectivity index is 0. The highest BCUT2D eigenvalue weighted by atomic mass is 32.2. The van der Waals surface area contributed by atoms with E-state index in [1.165, 1.54) is 24.4 Å². The van der Waals surface area contributed by atoms with Crippen LogP contribution < -0.4 is 9.46 Å². The van der Waals surface area contributed by atoms with Crippen molar-refractivity contribution in [1.29, 1.82) is 0 Å². The number of benzene rings is 2. The zero-order valence-corrected chi connectivity index (χ0v) is 26.5. The fourth-order valence-electron chi connectivity index (χ4n) is 2.95. The third-order valence-corrected chi connectivity index (χ3v) is 5.67. The van der Waals surface area contributed by atoms with Gasteiger partial charge in [0.15, 0.2) is 0 Å². The highest BCUT2D eigenvalue weighted by Crippen LogP contribution is 2.35. The Morgan fingerprint density at radius 3 is 1.95 bits per heavy atom. The minimum absolute atomic E-state index is 0.492. The first-order valence-electron chi connectivity index (χ1n) is 13.9. The van der Waals surface area contributed by atoms with E-state index in [1.54, 1.807) is 18.5 Å². The summed E-state index contributed by atoms with van der Waals surface area (Å²) in [6.07, 6.45) is 0.305. The maximum Gasteiger partial charge on any atom is 0.416 e. The van der Waals surface area contributed by atoms with Crippen LogP contribution in [0.4, 0.5) is 13.2 Å². The summed E-state index contributed by atoms with van der Waals surface area (Å²) in [6.45, 7) is 22.7. The van der Waals surface area contributed by atoms with Crippen molar-refractivity contribution in [3.63, 3.8) is 0 Å². The molecule has 0 aliphatic heterocycles. The minimum Gasteiger partial charge on any atom is -0.492 e. The van der Waals surface area contributed by atoms with Crippen molar-refractivity contribution in [2.24, 2.45) is 0 Å². The SMILES string of the molecule is CC.CC.CC.CCC.CCOc1cnccc1-c1cccc(C(C)(C)NSc2cccc(C(F)(F)F)c2)c1. The molecule has 3 rings (SSSR count). The molecule has 0 spiro atoms. The smallest absolute Gasteiger partial charge is 0.416 e. The van der Waals surface area contributed by atoms with Crippen molar-refractivity contribution in [2.75, 3.05) is 6.61 Å². The second kappa shape index (κ2) is 21.3. The van der Waals surface area contributed by atoms with Gasteiger partial charge in [-0.25, -0.2) is 4.72 Å². The molecule has 2 aromatic carbocycles. The molecule has 0 aliphatic carbocycles. The van der Waals surface area contributed by atoms with Crippen LogP contribution >= 0.6 is 11.9 Å². The van der Waals surface area contributed by atoms with E-state index >= 15 is 0 Å². The van der Waals surface area contributed by atoms with Gasteiger partial charge < -0.3 is 4.74 Å². The maximum atomic E-state index is 13.0. The van der Waals surface area contributed by atoms with Crippen LogP contribution in [0, 0.1) is 0 Å². The lowest BCUT2D eigenvalue weighted by Crippen LogP contribution is -2.31. The standard InChI is InChI=1S/C23H23F3N2OS.C3H8.3C2H6/c1-4-29-21-15-27-12-11-20(21)16-7-5-8-17(13-16)22(2,3)28-30-19-10-6-9-18(14-19)23(24,25)26;1-3-2;3*1-2/h5-15,28H,4H2,1-3H3;3H2,1-2H3;3*1-2H3. The van der Waals surface area contributed by atoms with Crippen LogP contribution in [0.1, 0.15) is 93.7 Å². The summed E-state index contributed by atoms with van der Waals surface area (Å²) < 4.78 is 47.8. The third-order valence-electron chi connectivity index (χ3n) is 4.57. The first kappa shape index (κ1) is 38.6. The van der Waals surface area contributed by atoms with Gasteiger partial charge >= 0.3 is 6.18 Å². The second-order valence-corrected chi connectivity index (χ2v) is 8.83. The van der Waals surface area contributed by atoms with Crippen molar-refractivity contribution in [3.05, 3.63) is 78.1 Å². The van der Waals surface area contributed by atoms with Crippen LogP contribution in [-0.2, 0) is 11.7 Å². The van der Waals surface area contributed by atoms with Gasteiger partial charge in [-0.05, 0) is 74.2 Å². The van der Waals surface area contributed by atoms with Gasteiger partial charge in [0.05, 0.1) is 18.4 Å². The van der Waals surface area contributed by atoms with Gasteiger partial charge in [0.1, 0.15) is 5.75 Å². The molecule has 0 unspecified atom stereocenters. The van der Waals surface area contributed by atoms with E-state index in [2.05, 4.69) is 29.6 Å². The van der Waals surface area contributed by atoms with E-state index in [-0.39, 0.29) is 0 Å². The van der Waals surface area contributed by atoms with Gasteiger partial charge in [0.25, 0.3) is 0 Å². The third kappa shape index (κ3) is 13.9. The maximum absolute atomic E-state index is 13.0. The van der Waals surface area contributed by atoms with Crippen molar-refractivity contribution >= 4 is 11.9 Å². The van der Waals surface area contributed by atoms with Crippen molar-refractivity contribution < 1.29 is 17.9 Å². The Kier molecular flexibility index (Phi) is 21.1. The molecule has 0 saturated carbocycles. The summed E-state index contributed by atoms with van der Waals surface area (Å²) in [7, 11) is 0. The van der Waals surface area contributed by atoms with Crippen molar-refractivity contribution in [3.8, 4) is 16.9 Å². The largest absolute Gasteiger partial charge is 0.492 e. The number of nitrogens with one attached hydrogen (secondary N) is 1. The average molecular weight is 567 g/mol. The predicted molar refractivity (Wildman–Crippen MR) is 164 cm³/mol. The summed E-state index contributed by atoms with van der Waals surface area (Å²) in [5.41, 5.74) is 1.77. The Morgan fingerprint density at radius 2 is 1.38 bits per heavy atom. The molecule has 39 heavy (non-hydrogen) atoms. The van der Waals surface area contributed by atoms with Crippen LogP contribution in [0.25, 0.3) is 11.1 Å². The van der Waals surface area contributed by atoms with Crippen LogP contribution in [0.15, 0.2) is 71.9 Å². The van der Waals surface area contributed by atoms with E-state index < -0.39 is 17.3 Å². The van der Waals surface area contributed by atoms with Crippen molar-refractivity contribution in [1.82, 2.24) is 9.71 Å². The van der Waals surface area contributed by atoms with Gasteiger partial charge in [0.2, 0.25) is 0 Å². The Labute approximate surface area is 240 Å². The summed E-state index contributed by atoms with van der Waals surface area (Å²) in [6, 6.07) is 15.2. The number of halogens is 3. The first-order chi connectivity index (χ1) is 18.6. The lowest BCUT2D eigenvalue weighted by Gasteiger charge is -2.27. The van der Waals surface area contributed by atoms with Gasteiger partial charge in [0, 0.05) is 22.2 Å². The number of nitrogens with zero attached hydrogens (tertiary/aromatic N) is 1. The van der Waals surface area contributed by atoms with E-state index in [4.69, 9.17) is 4.74 Å². The molecular formula is C32H49F3N2OS. The van der Waals surface area contributed by atoms with E-state index in [9.17, 15) is 13.2 Å². The fraction of sp³-hybridized carbons (Fsp3) is 0.469. The molecule has 3 nitrogen and oxygen atoms in total. The van der Waals surface area contributed by atoms with Crippen LogP contribution in [0.2, 0.25) is 0 Å². The zero-order valence-electron chi connectivity index (χ0n) is 25.7. The molecule has 3 aromatic rings. The van der Waals surface area contributed by atoms with Gasteiger partial charge in [-0.15, -0.1) is 0 Å².